The van der Waals surface area contributed by atoms with Gasteiger partial charge in [-0.25, -0.2) is 4.79 Å². The van der Waals surface area contributed by atoms with Crippen LogP contribution in [0.5, 0.6) is 0 Å². The molecule has 0 unspecified atom stereocenters. The molecule has 0 aliphatic carbocycles. The zero-order chi connectivity index (χ0) is 14.3. The number of aliphatic hydroxyl groups excluding tert-OH is 1. The Labute approximate surface area is 109 Å². The quantitative estimate of drug-likeness (QED) is 0.740. The van der Waals surface area contributed by atoms with E-state index in [1.807, 2.05) is 0 Å². The van der Waals surface area contributed by atoms with E-state index in [1.54, 1.807) is 26.8 Å². The molecule has 0 heterocycles. The van der Waals surface area contributed by atoms with Crippen LogP contribution in [0, 0.1) is 0 Å². The fourth-order valence-electron chi connectivity index (χ4n) is 1.37. The highest BCUT2D eigenvalue weighted by molar-refractivity contribution is 5.69. The molecule has 0 saturated carbocycles. The molecule has 0 saturated heterocycles. The van der Waals surface area contributed by atoms with E-state index in [-0.39, 0.29) is 6.54 Å². The molecule has 1 amide bonds. The maximum Gasteiger partial charge on any atom is 0.411 e. The monoisotopic (exact) mass is 253 g/mol. The van der Waals surface area contributed by atoms with Gasteiger partial charge in [0.05, 0.1) is 12.1 Å². The lowest BCUT2D eigenvalue weighted by Gasteiger charge is -2.32. The number of amides is 1. The minimum Gasteiger partial charge on any atom is -0.444 e. The molecular weight excluding hydrogens is 230 g/mol. The second-order valence-corrected chi connectivity index (χ2v) is 4.87. The Bertz CT molecular complexity index is 317. The van der Waals surface area contributed by atoms with Gasteiger partial charge in [0, 0.05) is 6.54 Å². The average molecular weight is 253 g/mol. The van der Waals surface area contributed by atoms with Crippen molar-refractivity contribution in [3.8, 4) is 0 Å². The van der Waals surface area contributed by atoms with Crippen molar-refractivity contribution >= 4 is 6.09 Å². The Morgan fingerprint density at radius 1 is 1.33 bits per heavy atom. The zero-order valence-corrected chi connectivity index (χ0v) is 11.4. The SMILES string of the molecule is C=CCN(C(=O)OC(C)(C)C)[C@@H](C=C)[C@H](O)C=C. The summed E-state index contributed by atoms with van der Waals surface area (Å²) in [6.45, 7) is 16.3. The van der Waals surface area contributed by atoms with Crippen LogP contribution in [0.4, 0.5) is 4.79 Å². The molecule has 18 heavy (non-hydrogen) atoms. The van der Waals surface area contributed by atoms with Crippen LogP contribution < -0.4 is 0 Å². The van der Waals surface area contributed by atoms with Crippen molar-refractivity contribution in [3.63, 3.8) is 0 Å². The number of carbonyl (C=O) groups excluding carboxylic acids is 1. The summed E-state index contributed by atoms with van der Waals surface area (Å²) >= 11 is 0. The number of ether oxygens (including phenoxy) is 1. The van der Waals surface area contributed by atoms with Gasteiger partial charge in [-0.05, 0) is 20.8 Å². The lowest BCUT2D eigenvalue weighted by atomic mass is 10.1. The Hall–Kier alpha value is -1.55. The predicted molar refractivity (Wildman–Crippen MR) is 73.3 cm³/mol. The number of carbonyl (C=O) groups is 1. The van der Waals surface area contributed by atoms with E-state index in [9.17, 15) is 9.90 Å². The third kappa shape index (κ3) is 5.19. The summed E-state index contributed by atoms with van der Waals surface area (Å²) in [6, 6.07) is -0.588. The molecule has 2 atom stereocenters. The minimum absolute atomic E-state index is 0.260. The minimum atomic E-state index is -0.894. The molecule has 0 rings (SSSR count). The molecule has 0 aliphatic heterocycles. The standard InChI is InChI=1S/C14H23NO3/c1-7-10-15(11(8-2)12(16)9-3)13(17)18-14(4,5)6/h7-9,11-12,16H,1-3,10H2,4-6H3/t11-,12+/m0/s1. The maximum atomic E-state index is 12.0. The van der Waals surface area contributed by atoms with Crippen molar-refractivity contribution in [2.75, 3.05) is 6.54 Å². The summed E-state index contributed by atoms with van der Waals surface area (Å²) in [4.78, 5) is 13.4. The van der Waals surface area contributed by atoms with Crippen LogP contribution in [0.25, 0.3) is 0 Å². The van der Waals surface area contributed by atoms with E-state index in [0.29, 0.717) is 0 Å². The third-order valence-corrected chi connectivity index (χ3v) is 2.15. The Morgan fingerprint density at radius 2 is 1.89 bits per heavy atom. The van der Waals surface area contributed by atoms with Crippen molar-refractivity contribution in [2.45, 2.75) is 38.5 Å². The second-order valence-electron chi connectivity index (χ2n) is 4.87. The molecule has 0 aromatic rings. The lowest BCUT2D eigenvalue weighted by molar-refractivity contribution is 0.0119. The van der Waals surface area contributed by atoms with E-state index in [2.05, 4.69) is 19.7 Å². The first-order chi connectivity index (χ1) is 8.26. The molecule has 0 fully saturated rings. The van der Waals surface area contributed by atoms with Gasteiger partial charge in [0.2, 0.25) is 0 Å². The smallest absolute Gasteiger partial charge is 0.411 e. The van der Waals surface area contributed by atoms with Crippen LogP contribution in [0.2, 0.25) is 0 Å². The van der Waals surface area contributed by atoms with Gasteiger partial charge < -0.3 is 9.84 Å². The van der Waals surface area contributed by atoms with Gasteiger partial charge in [-0.2, -0.15) is 0 Å². The Morgan fingerprint density at radius 3 is 2.22 bits per heavy atom. The molecule has 4 nitrogen and oxygen atoms in total. The molecule has 102 valence electrons. The fraction of sp³-hybridized carbons (Fsp3) is 0.500. The van der Waals surface area contributed by atoms with Crippen LogP contribution in [-0.4, -0.2) is 40.4 Å². The number of rotatable bonds is 6. The number of hydrogen-bond acceptors (Lipinski definition) is 3. The average Bonchev–Trinajstić information content (AvgIpc) is 2.26. The summed E-state index contributed by atoms with van der Waals surface area (Å²) in [5.41, 5.74) is -0.596. The molecule has 0 bridgehead atoms. The Balaban J connectivity index is 5.03. The van der Waals surface area contributed by atoms with Gasteiger partial charge in [0.15, 0.2) is 0 Å². The van der Waals surface area contributed by atoms with Crippen molar-refractivity contribution in [1.29, 1.82) is 0 Å². The first kappa shape index (κ1) is 16.4. The van der Waals surface area contributed by atoms with E-state index in [0.717, 1.165) is 0 Å². The van der Waals surface area contributed by atoms with Gasteiger partial charge in [-0.3, -0.25) is 4.90 Å². The summed E-state index contributed by atoms with van der Waals surface area (Å²) in [5, 5.41) is 9.79. The van der Waals surface area contributed by atoms with Crippen molar-refractivity contribution in [3.05, 3.63) is 38.0 Å². The van der Waals surface area contributed by atoms with E-state index >= 15 is 0 Å². The zero-order valence-electron chi connectivity index (χ0n) is 11.4. The van der Waals surface area contributed by atoms with E-state index in [4.69, 9.17) is 4.74 Å². The molecule has 4 heteroatoms. The van der Waals surface area contributed by atoms with Crippen molar-refractivity contribution < 1.29 is 14.6 Å². The largest absolute Gasteiger partial charge is 0.444 e. The van der Waals surface area contributed by atoms with Crippen LogP contribution in [0.3, 0.4) is 0 Å². The molecule has 0 aromatic heterocycles. The van der Waals surface area contributed by atoms with Crippen LogP contribution in [0.15, 0.2) is 38.0 Å². The summed E-state index contributed by atoms with van der Waals surface area (Å²) in [6.07, 6.45) is 2.99. The first-order valence-corrected chi connectivity index (χ1v) is 5.80. The lowest BCUT2D eigenvalue weighted by Crippen LogP contribution is -2.47. The predicted octanol–water partition coefficient (Wildman–Crippen LogP) is 2.51. The molecule has 0 aliphatic rings. The molecule has 0 spiro atoms. The van der Waals surface area contributed by atoms with E-state index in [1.165, 1.54) is 17.1 Å². The highest BCUT2D eigenvalue weighted by Gasteiger charge is 2.28. The van der Waals surface area contributed by atoms with Gasteiger partial charge in [0.1, 0.15) is 5.60 Å². The van der Waals surface area contributed by atoms with Crippen molar-refractivity contribution in [1.82, 2.24) is 4.90 Å². The summed E-state index contributed by atoms with van der Waals surface area (Å²) in [7, 11) is 0. The molecular formula is C14H23NO3. The Kier molecular flexibility index (Phi) is 6.41. The van der Waals surface area contributed by atoms with Gasteiger partial charge >= 0.3 is 6.09 Å². The van der Waals surface area contributed by atoms with Crippen LogP contribution >= 0.6 is 0 Å². The number of hydrogen-bond donors (Lipinski definition) is 1. The van der Waals surface area contributed by atoms with Gasteiger partial charge in [-0.15, -0.1) is 19.7 Å². The number of nitrogens with zero attached hydrogens (tertiary/aromatic N) is 1. The second kappa shape index (κ2) is 7.01. The molecule has 0 radical (unpaired) electrons. The number of aliphatic hydroxyl groups is 1. The van der Waals surface area contributed by atoms with Gasteiger partial charge in [-0.1, -0.05) is 18.2 Å². The highest BCUT2D eigenvalue weighted by atomic mass is 16.6. The van der Waals surface area contributed by atoms with Gasteiger partial charge in [0.25, 0.3) is 0 Å². The summed E-state index contributed by atoms with van der Waals surface area (Å²) in [5.74, 6) is 0. The van der Waals surface area contributed by atoms with E-state index < -0.39 is 23.8 Å². The normalized spacial score (nSPS) is 14.2. The van der Waals surface area contributed by atoms with Crippen LogP contribution in [0.1, 0.15) is 20.8 Å². The maximum absolute atomic E-state index is 12.0. The summed E-state index contributed by atoms with van der Waals surface area (Å²) < 4.78 is 5.28. The topological polar surface area (TPSA) is 49.8 Å². The highest BCUT2D eigenvalue weighted by Crippen LogP contribution is 2.15. The molecule has 1 N–H and O–H groups in total. The fourth-order valence-corrected chi connectivity index (χ4v) is 1.37. The van der Waals surface area contributed by atoms with Crippen molar-refractivity contribution in [2.24, 2.45) is 0 Å². The third-order valence-electron chi connectivity index (χ3n) is 2.15. The van der Waals surface area contributed by atoms with Crippen LogP contribution in [-0.2, 0) is 4.74 Å². The molecule has 0 aromatic carbocycles. The first-order valence-electron chi connectivity index (χ1n) is 5.80.